The normalized spacial score (nSPS) is 26.2. The largest absolute Gasteiger partial charge is 0.353 e. The fraction of sp³-hybridized carbons (Fsp3) is 0.923. The minimum absolute atomic E-state index is 0. The maximum Gasteiger partial charge on any atom is 0.223 e. The summed E-state index contributed by atoms with van der Waals surface area (Å²) in [5.41, 5.74) is 5.74. The predicted molar refractivity (Wildman–Crippen MR) is 74.2 cm³/mol. The zero-order chi connectivity index (χ0) is 12.3. The standard InChI is InChI=1S/C13H26N2O.ClH/c1-9(13(2,3)4)12(16)15-11-7-5-6-10(11)8-14;/h9-11H,5-8,14H2,1-4H3,(H,15,16);1H. The van der Waals surface area contributed by atoms with Gasteiger partial charge >= 0.3 is 0 Å². The summed E-state index contributed by atoms with van der Waals surface area (Å²) in [6.45, 7) is 9.00. The zero-order valence-corrected chi connectivity index (χ0v) is 12.3. The Hall–Kier alpha value is -0.280. The Labute approximate surface area is 111 Å². The highest BCUT2D eigenvalue weighted by Crippen LogP contribution is 2.28. The van der Waals surface area contributed by atoms with Crippen molar-refractivity contribution >= 4 is 18.3 Å². The minimum atomic E-state index is 0. The first-order valence-electron chi connectivity index (χ1n) is 6.36. The molecular formula is C13H27ClN2O. The van der Waals surface area contributed by atoms with E-state index < -0.39 is 0 Å². The van der Waals surface area contributed by atoms with Crippen molar-refractivity contribution in [2.75, 3.05) is 6.54 Å². The first-order valence-corrected chi connectivity index (χ1v) is 6.36. The first-order chi connectivity index (χ1) is 7.36. The van der Waals surface area contributed by atoms with E-state index in [0.29, 0.717) is 18.5 Å². The molecule has 3 nitrogen and oxygen atoms in total. The highest BCUT2D eigenvalue weighted by molar-refractivity contribution is 5.85. The maximum absolute atomic E-state index is 12.1. The molecule has 0 aliphatic heterocycles. The quantitative estimate of drug-likeness (QED) is 0.820. The highest BCUT2D eigenvalue weighted by Gasteiger charge is 2.32. The number of rotatable bonds is 3. The van der Waals surface area contributed by atoms with Crippen LogP contribution in [-0.2, 0) is 4.79 Å². The average molecular weight is 263 g/mol. The summed E-state index contributed by atoms with van der Waals surface area (Å²) in [6.07, 6.45) is 3.44. The molecule has 1 aliphatic carbocycles. The first kappa shape index (κ1) is 16.7. The monoisotopic (exact) mass is 262 g/mol. The molecular weight excluding hydrogens is 236 g/mol. The number of nitrogens with two attached hydrogens (primary N) is 1. The SMILES string of the molecule is CC(C(=O)NC1CCCC1CN)C(C)(C)C.Cl. The molecule has 0 heterocycles. The molecule has 1 saturated carbocycles. The molecule has 1 aliphatic rings. The third-order valence-electron chi connectivity index (χ3n) is 3.98. The van der Waals surface area contributed by atoms with Crippen molar-refractivity contribution in [2.24, 2.45) is 23.0 Å². The van der Waals surface area contributed by atoms with Crippen molar-refractivity contribution in [1.29, 1.82) is 0 Å². The number of hydrogen-bond donors (Lipinski definition) is 2. The number of hydrogen-bond acceptors (Lipinski definition) is 2. The van der Waals surface area contributed by atoms with Crippen LogP contribution in [0.5, 0.6) is 0 Å². The second kappa shape index (κ2) is 6.60. The smallest absolute Gasteiger partial charge is 0.223 e. The minimum Gasteiger partial charge on any atom is -0.353 e. The highest BCUT2D eigenvalue weighted by atomic mass is 35.5. The van der Waals surface area contributed by atoms with E-state index in [0.717, 1.165) is 12.8 Å². The summed E-state index contributed by atoms with van der Waals surface area (Å²) in [4.78, 5) is 12.1. The van der Waals surface area contributed by atoms with Gasteiger partial charge < -0.3 is 11.1 Å². The fourth-order valence-corrected chi connectivity index (χ4v) is 2.21. The predicted octanol–water partition coefficient (Wildman–Crippen LogP) is 2.33. The molecule has 1 fully saturated rings. The van der Waals surface area contributed by atoms with Gasteiger partial charge in [0.15, 0.2) is 0 Å². The van der Waals surface area contributed by atoms with Crippen LogP contribution in [0.1, 0.15) is 47.0 Å². The van der Waals surface area contributed by atoms with Crippen LogP contribution in [0.25, 0.3) is 0 Å². The maximum atomic E-state index is 12.1. The van der Waals surface area contributed by atoms with Crippen LogP contribution < -0.4 is 11.1 Å². The van der Waals surface area contributed by atoms with Gasteiger partial charge in [-0.3, -0.25) is 4.79 Å². The van der Waals surface area contributed by atoms with Gasteiger partial charge in [-0.2, -0.15) is 0 Å². The van der Waals surface area contributed by atoms with Gasteiger partial charge in [0.2, 0.25) is 5.91 Å². The van der Waals surface area contributed by atoms with Gasteiger partial charge in [0, 0.05) is 12.0 Å². The van der Waals surface area contributed by atoms with E-state index >= 15 is 0 Å². The van der Waals surface area contributed by atoms with Gasteiger partial charge in [-0.25, -0.2) is 0 Å². The van der Waals surface area contributed by atoms with Crippen LogP contribution in [0.2, 0.25) is 0 Å². The number of nitrogens with one attached hydrogen (secondary N) is 1. The van der Waals surface area contributed by atoms with E-state index in [1.807, 2.05) is 6.92 Å². The van der Waals surface area contributed by atoms with Crippen LogP contribution in [0.4, 0.5) is 0 Å². The number of carbonyl (C=O) groups excluding carboxylic acids is 1. The molecule has 1 amide bonds. The third-order valence-corrected chi connectivity index (χ3v) is 3.98. The Morgan fingerprint density at radius 2 is 2.00 bits per heavy atom. The Morgan fingerprint density at radius 3 is 2.47 bits per heavy atom. The van der Waals surface area contributed by atoms with Crippen molar-refractivity contribution in [1.82, 2.24) is 5.32 Å². The van der Waals surface area contributed by atoms with Crippen molar-refractivity contribution in [3.8, 4) is 0 Å². The molecule has 4 heteroatoms. The number of carbonyl (C=O) groups is 1. The summed E-state index contributed by atoms with van der Waals surface area (Å²) in [7, 11) is 0. The summed E-state index contributed by atoms with van der Waals surface area (Å²) in [6, 6.07) is 0.308. The summed E-state index contributed by atoms with van der Waals surface area (Å²) in [5.74, 6) is 0.709. The van der Waals surface area contributed by atoms with E-state index in [1.165, 1.54) is 6.42 Å². The van der Waals surface area contributed by atoms with Crippen molar-refractivity contribution in [3.63, 3.8) is 0 Å². The molecule has 102 valence electrons. The van der Waals surface area contributed by atoms with Crippen LogP contribution in [0.15, 0.2) is 0 Å². The molecule has 0 spiro atoms. The molecule has 0 bridgehead atoms. The van der Waals surface area contributed by atoms with E-state index in [9.17, 15) is 4.79 Å². The van der Waals surface area contributed by atoms with Gasteiger partial charge in [-0.15, -0.1) is 12.4 Å². The molecule has 3 atom stereocenters. The average Bonchev–Trinajstić information content (AvgIpc) is 2.62. The molecule has 0 radical (unpaired) electrons. The Bertz CT molecular complexity index is 250. The van der Waals surface area contributed by atoms with Crippen molar-refractivity contribution in [2.45, 2.75) is 53.0 Å². The van der Waals surface area contributed by atoms with Crippen LogP contribution in [0, 0.1) is 17.3 Å². The molecule has 3 N–H and O–H groups in total. The van der Waals surface area contributed by atoms with Crippen molar-refractivity contribution < 1.29 is 4.79 Å². The fourth-order valence-electron chi connectivity index (χ4n) is 2.21. The van der Waals surface area contributed by atoms with E-state index in [2.05, 4.69) is 26.1 Å². The summed E-state index contributed by atoms with van der Waals surface area (Å²) >= 11 is 0. The lowest BCUT2D eigenvalue weighted by molar-refractivity contribution is -0.128. The molecule has 1 rings (SSSR count). The van der Waals surface area contributed by atoms with Gasteiger partial charge in [0.05, 0.1) is 0 Å². The molecule has 17 heavy (non-hydrogen) atoms. The van der Waals surface area contributed by atoms with Gasteiger partial charge in [-0.1, -0.05) is 34.1 Å². The van der Waals surface area contributed by atoms with E-state index in [4.69, 9.17) is 5.73 Å². The van der Waals surface area contributed by atoms with Gasteiger partial charge in [0.25, 0.3) is 0 Å². The lowest BCUT2D eigenvalue weighted by Gasteiger charge is -2.29. The Balaban J connectivity index is 0.00000256. The van der Waals surface area contributed by atoms with E-state index in [-0.39, 0.29) is 29.6 Å². The zero-order valence-electron chi connectivity index (χ0n) is 11.5. The molecule has 0 aromatic heterocycles. The lowest BCUT2D eigenvalue weighted by Crippen LogP contribution is -2.44. The Kier molecular flexibility index (Phi) is 6.49. The molecule has 0 saturated heterocycles. The lowest BCUT2D eigenvalue weighted by atomic mass is 9.81. The van der Waals surface area contributed by atoms with Crippen LogP contribution >= 0.6 is 12.4 Å². The summed E-state index contributed by atoms with van der Waals surface area (Å²) < 4.78 is 0. The molecule has 3 unspecified atom stereocenters. The third kappa shape index (κ3) is 4.47. The summed E-state index contributed by atoms with van der Waals surface area (Å²) in [5, 5.41) is 3.17. The van der Waals surface area contributed by atoms with Crippen LogP contribution in [0.3, 0.4) is 0 Å². The second-order valence-electron chi connectivity index (χ2n) is 6.13. The van der Waals surface area contributed by atoms with Gasteiger partial charge in [0.1, 0.15) is 0 Å². The van der Waals surface area contributed by atoms with Crippen molar-refractivity contribution in [3.05, 3.63) is 0 Å². The Morgan fingerprint density at radius 1 is 1.41 bits per heavy atom. The topological polar surface area (TPSA) is 55.1 Å². The second-order valence-corrected chi connectivity index (χ2v) is 6.13. The molecule has 0 aromatic rings. The number of halogens is 1. The van der Waals surface area contributed by atoms with Gasteiger partial charge in [-0.05, 0) is 30.7 Å². The van der Waals surface area contributed by atoms with Crippen LogP contribution in [-0.4, -0.2) is 18.5 Å². The van der Waals surface area contributed by atoms with E-state index in [1.54, 1.807) is 0 Å². The number of amides is 1. The molecule has 0 aromatic carbocycles.